The third kappa shape index (κ3) is 3.92. The second-order valence-electron chi connectivity index (χ2n) is 6.38. The third-order valence-corrected chi connectivity index (χ3v) is 4.79. The Balaban J connectivity index is 1.93. The average Bonchev–Trinajstić information content (AvgIpc) is 2.73. The van der Waals surface area contributed by atoms with Gasteiger partial charge in [0.05, 0.1) is 0 Å². The van der Waals surface area contributed by atoms with Gasteiger partial charge in [-0.05, 0) is 31.6 Å². The molecule has 0 radical (unpaired) electrons. The quantitative estimate of drug-likeness (QED) is 0.358. The van der Waals surface area contributed by atoms with Crippen molar-refractivity contribution in [1.82, 2.24) is 0 Å². The van der Waals surface area contributed by atoms with Crippen molar-refractivity contribution in [2.24, 2.45) is 5.92 Å². The molecule has 2 rings (SSSR count). The van der Waals surface area contributed by atoms with Gasteiger partial charge in [0.25, 0.3) is 0 Å². The van der Waals surface area contributed by atoms with Crippen molar-refractivity contribution in [1.29, 1.82) is 0 Å². The molecule has 0 aromatic heterocycles. The molecule has 0 aromatic carbocycles. The topological polar surface area (TPSA) is 57.2 Å². The summed E-state index contributed by atoms with van der Waals surface area (Å²) in [5.41, 5.74) is 0. The average molecular weight is 288 g/mol. The fourth-order valence-corrected chi connectivity index (χ4v) is 3.13. The van der Waals surface area contributed by atoms with Gasteiger partial charge in [0.15, 0.2) is 0 Å². The van der Waals surface area contributed by atoms with Gasteiger partial charge in [-0.15, -0.1) is 0 Å². The van der Waals surface area contributed by atoms with Crippen molar-refractivity contribution in [2.75, 3.05) is 7.11 Å². The normalized spacial score (nSPS) is 34.6. The first kappa shape index (κ1) is 16.2. The first-order valence-electron chi connectivity index (χ1n) is 7.88. The fourth-order valence-electron chi connectivity index (χ4n) is 3.13. The van der Waals surface area contributed by atoms with Crippen LogP contribution in [0.3, 0.4) is 0 Å². The maximum atomic E-state index is 9.22. The second kappa shape index (κ2) is 7.18. The van der Waals surface area contributed by atoms with E-state index in [-0.39, 0.29) is 0 Å². The van der Waals surface area contributed by atoms with Crippen LogP contribution in [0, 0.1) is 5.92 Å². The van der Waals surface area contributed by atoms with Crippen LogP contribution in [0.25, 0.3) is 0 Å². The molecule has 2 fully saturated rings. The minimum Gasteiger partial charge on any atom is -0.351 e. The van der Waals surface area contributed by atoms with Gasteiger partial charge in [-0.3, -0.25) is 0 Å². The van der Waals surface area contributed by atoms with Crippen molar-refractivity contribution in [3.05, 3.63) is 0 Å². The lowest BCUT2D eigenvalue weighted by Gasteiger charge is -2.38. The maximum Gasteiger partial charge on any atom is 0.233 e. The summed E-state index contributed by atoms with van der Waals surface area (Å²) in [6.45, 7) is 2.20. The Labute approximate surface area is 121 Å². The van der Waals surface area contributed by atoms with Crippen molar-refractivity contribution >= 4 is 0 Å². The minimum atomic E-state index is -1.02. The number of hydrogen-bond acceptors (Lipinski definition) is 5. The number of ether oxygens (including phenoxy) is 1. The van der Waals surface area contributed by atoms with Gasteiger partial charge < -0.3 is 4.74 Å². The monoisotopic (exact) mass is 288 g/mol. The van der Waals surface area contributed by atoms with Gasteiger partial charge in [0.1, 0.15) is 0 Å². The maximum absolute atomic E-state index is 9.22. The van der Waals surface area contributed by atoms with Crippen molar-refractivity contribution in [3.63, 3.8) is 0 Å². The lowest BCUT2D eigenvalue weighted by molar-refractivity contribution is -0.549. The van der Waals surface area contributed by atoms with Crippen LogP contribution < -0.4 is 0 Å². The molecule has 5 nitrogen and oxygen atoms in total. The van der Waals surface area contributed by atoms with E-state index < -0.39 is 11.6 Å². The number of methoxy groups -OCH3 is 1. The summed E-state index contributed by atoms with van der Waals surface area (Å²) in [4.78, 5) is 15.9. The Kier molecular flexibility index (Phi) is 5.81. The van der Waals surface area contributed by atoms with E-state index in [0.717, 1.165) is 38.5 Å². The zero-order valence-corrected chi connectivity index (χ0v) is 12.7. The molecule has 20 heavy (non-hydrogen) atoms. The summed E-state index contributed by atoms with van der Waals surface area (Å²) >= 11 is 0. The fraction of sp³-hybridized carbons (Fsp3) is 1.00. The molecule has 0 bridgehead atoms. The Morgan fingerprint density at radius 2 is 1.40 bits per heavy atom. The Morgan fingerprint density at radius 1 is 0.850 bits per heavy atom. The van der Waals surface area contributed by atoms with Gasteiger partial charge in [0, 0.05) is 32.8 Å². The highest BCUT2D eigenvalue weighted by molar-refractivity contribution is 4.77. The molecule has 0 aliphatic heterocycles. The third-order valence-electron chi connectivity index (χ3n) is 4.79. The summed E-state index contributed by atoms with van der Waals surface area (Å²) in [6, 6.07) is 0. The second-order valence-corrected chi connectivity index (χ2v) is 6.38. The predicted molar refractivity (Wildman–Crippen MR) is 73.7 cm³/mol. The molecule has 0 heterocycles. The zero-order chi connectivity index (χ0) is 14.5. The smallest absolute Gasteiger partial charge is 0.233 e. The van der Waals surface area contributed by atoms with Gasteiger partial charge in [-0.25, -0.2) is 10.1 Å². The van der Waals surface area contributed by atoms with Crippen LogP contribution in [0.5, 0.6) is 0 Å². The van der Waals surface area contributed by atoms with Gasteiger partial charge in [-0.1, -0.05) is 19.8 Å². The van der Waals surface area contributed by atoms with Crippen LogP contribution in [0.4, 0.5) is 0 Å². The highest BCUT2D eigenvalue weighted by Crippen LogP contribution is 2.38. The summed E-state index contributed by atoms with van der Waals surface area (Å²) in [6.07, 6.45) is 9.40. The van der Waals surface area contributed by atoms with Crippen LogP contribution in [-0.2, 0) is 19.4 Å². The molecule has 2 aliphatic carbocycles. The van der Waals surface area contributed by atoms with Crippen molar-refractivity contribution in [2.45, 2.75) is 82.7 Å². The molecular formula is C15H28O5. The molecule has 5 heteroatoms. The SMILES string of the molecule is COC1(OOC2(OO)CCC(C)CC2)CCCCCC1. The molecule has 2 saturated carbocycles. The van der Waals surface area contributed by atoms with E-state index >= 15 is 0 Å². The van der Waals surface area contributed by atoms with Crippen LogP contribution in [0.2, 0.25) is 0 Å². The molecular weight excluding hydrogens is 260 g/mol. The van der Waals surface area contributed by atoms with E-state index in [1.165, 1.54) is 12.8 Å². The van der Waals surface area contributed by atoms with E-state index in [2.05, 4.69) is 11.8 Å². The van der Waals surface area contributed by atoms with Crippen LogP contribution in [0.1, 0.15) is 71.1 Å². The number of rotatable bonds is 5. The molecule has 2 aliphatic rings. The van der Waals surface area contributed by atoms with E-state index in [0.29, 0.717) is 18.8 Å². The minimum absolute atomic E-state index is 0.635. The number of hydrogen-bond donors (Lipinski definition) is 1. The summed E-state index contributed by atoms with van der Waals surface area (Å²) in [7, 11) is 1.66. The molecule has 118 valence electrons. The van der Waals surface area contributed by atoms with Gasteiger partial charge in [0.2, 0.25) is 11.6 Å². The van der Waals surface area contributed by atoms with Crippen LogP contribution in [-0.4, -0.2) is 23.9 Å². The highest BCUT2D eigenvalue weighted by atomic mass is 17.3. The molecule has 0 unspecified atom stereocenters. The lowest BCUT2D eigenvalue weighted by Crippen LogP contribution is -2.44. The molecule has 0 spiro atoms. The highest BCUT2D eigenvalue weighted by Gasteiger charge is 2.42. The predicted octanol–water partition coefficient (Wildman–Crippen LogP) is 4.03. The van der Waals surface area contributed by atoms with Crippen molar-refractivity contribution < 1.29 is 24.7 Å². The van der Waals surface area contributed by atoms with E-state index in [9.17, 15) is 5.26 Å². The zero-order valence-electron chi connectivity index (χ0n) is 12.7. The van der Waals surface area contributed by atoms with Crippen LogP contribution >= 0.6 is 0 Å². The summed E-state index contributed by atoms with van der Waals surface area (Å²) in [5.74, 6) is -1.08. The standard InChI is InChI=1S/C15H28O5/c1-13-7-11-15(18-16,12-8-13)20-19-14(17-2)9-5-3-4-6-10-14/h13,16H,3-12H2,1-2H3. The largest absolute Gasteiger partial charge is 0.351 e. The first-order chi connectivity index (χ1) is 9.64. The molecule has 0 amide bonds. The van der Waals surface area contributed by atoms with Gasteiger partial charge >= 0.3 is 0 Å². The van der Waals surface area contributed by atoms with Crippen LogP contribution in [0.15, 0.2) is 0 Å². The Hall–Kier alpha value is -0.200. The van der Waals surface area contributed by atoms with E-state index in [1.54, 1.807) is 7.11 Å². The summed E-state index contributed by atoms with van der Waals surface area (Å²) < 4.78 is 5.58. The Morgan fingerprint density at radius 3 is 1.90 bits per heavy atom. The Bertz CT molecular complexity index is 278. The van der Waals surface area contributed by atoms with Gasteiger partial charge in [-0.2, -0.15) is 9.78 Å². The van der Waals surface area contributed by atoms with Crippen molar-refractivity contribution in [3.8, 4) is 0 Å². The first-order valence-corrected chi connectivity index (χ1v) is 7.88. The van der Waals surface area contributed by atoms with E-state index in [4.69, 9.17) is 14.5 Å². The summed E-state index contributed by atoms with van der Waals surface area (Å²) in [5, 5.41) is 9.22. The lowest BCUT2D eigenvalue weighted by atomic mass is 9.86. The molecule has 0 saturated heterocycles. The van der Waals surface area contributed by atoms with E-state index in [1.807, 2.05) is 0 Å². The molecule has 0 aromatic rings. The molecule has 0 atom stereocenters. The molecule has 1 N–H and O–H groups in total.